The van der Waals surface area contributed by atoms with E-state index >= 15 is 0 Å². The molecule has 0 radical (unpaired) electrons. The number of nitrogens with zero attached hydrogens (tertiary/aromatic N) is 4. The average molecular weight is 336 g/mol. The molecule has 126 valence electrons. The Labute approximate surface area is 143 Å². The van der Waals surface area contributed by atoms with Crippen molar-refractivity contribution >= 4 is 11.1 Å². The van der Waals surface area contributed by atoms with E-state index in [0.29, 0.717) is 24.4 Å². The van der Waals surface area contributed by atoms with Crippen LogP contribution in [0, 0.1) is 0 Å². The quantitative estimate of drug-likeness (QED) is 0.560. The van der Waals surface area contributed by atoms with Crippen LogP contribution in [-0.4, -0.2) is 26.2 Å². The number of ether oxygens (including phenoxy) is 1. The lowest BCUT2D eigenvalue weighted by molar-refractivity contribution is 0.340. The van der Waals surface area contributed by atoms with Gasteiger partial charge in [0.15, 0.2) is 5.58 Å². The van der Waals surface area contributed by atoms with Crippen molar-refractivity contribution in [1.82, 2.24) is 19.6 Å². The summed E-state index contributed by atoms with van der Waals surface area (Å²) in [5, 5.41) is 8.29. The number of rotatable bonds is 5. The molecule has 2 heterocycles. The van der Waals surface area contributed by atoms with Crippen molar-refractivity contribution in [3.05, 3.63) is 71.0 Å². The fourth-order valence-corrected chi connectivity index (χ4v) is 2.68. The molecule has 0 aliphatic heterocycles. The van der Waals surface area contributed by atoms with Crippen molar-refractivity contribution in [2.75, 3.05) is 6.61 Å². The van der Waals surface area contributed by atoms with Crippen molar-refractivity contribution in [2.45, 2.75) is 13.5 Å². The van der Waals surface area contributed by atoms with Crippen LogP contribution < -0.4 is 10.5 Å². The van der Waals surface area contributed by atoms with Gasteiger partial charge in [-0.05, 0) is 43.3 Å². The molecule has 0 aliphatic carbocycles. The molecule has 0 saturated heterocycles. The van der Waals surface area contributed by atoms with Gasteiger partial charge in [0.05, 0.1) is 30.6 Å². The van der Waals surface area contributed by atoms with Crippen LogP contribution in [0.25, 0.3) is 16.8 Å². The summed E-state index contributed by atoms with van der Waals surface area (Å²) in [4.78, 5) is 12.0. The van der Waals surface area contributed by atoms with Crippen molar-refractivity contribution in [3.8, 4) is 11.4 Å². The monoisotopic (exact) mass is 336 g/mol. The highest BCUT2D eigenvalue weighted by Gasteiger charge is 2.11. The first-order chi connectivity index (χ1) is 12.2. The summed E-state index contributed by atoms with van der Waals surface area (Å²) in [7, 11) is 0. The van der Waals surface area contributed by atoms with Crippen molar-refractivity contribution in [1.29, 1.82) is 0 Å². The van der Waals surface area contributed by atoms with E-state index in [4.69, 9.17) is 9.15 Å². The van der Waals surface area contributed by atoms with E-state index in [-0.39, 0.29) is 0 Å². The topological polar surface area (TPSA) is 75.1 Å². The summed E-state index contributed by atoms with van der Waals surface area (Å²) in [6.07, 6.45) is 1.80. The molecule has 25 heavy (non-hydrogen) atoms. The second kappa shape index (κ2) is 6.27. The van der Waals surface area contributed by atoms with Crippen LogP contribution in [0.15, 0.2) is 63.9 Å². The Morgan fingerprint density at radius 2 is 1.92 bits per heavy atom. The second-order valence-electron chi connectivity index (χ2n) is 5.50. The molecule has 0 fully saturated rings. The lowest BCUT2D eigenvalue weighted by Crippen LogP contribution is -2.15. The van der Waals surface area contributed by atoms with E-state index in [1.165, 1.54) is 0 Å². The third-order valence-electron chi connectivity index (χ3n) is 3.85. The van der Waals surface area contributed by atoms with Crippen LogP contribution in [-0.2, 0) is 6.54 Å². The zero-order chi connectivity index (χ0) is 17.2. The molecule has 0 atom stereocenters. The van der Waals surface area contributed by atoms with E-state index in [9.17, 15) is 4.79 Å². The number of fused-ring (bicyclic) bond motifs is 1. The predicted molar refractivity (Wildman–Crippen MR) is 92.1 cm³/mol. The van der Waals surface area contributed by atoms with Gasteiger partial charge >= 0.3 is 5.76 Å². The van der Waals surface area contributed by atoms with Gasteiger partial charge in [-0.2, -0.15) is 0 Å². The van der Waals surface area contributed by atoms with Crippen LogP contribution in [0.5, 0.6) is 5.75 Å². The second-order valence-corrected chi connectivity index (χ2v) is 5.50. The number of aromatic nitrogens is 4. The molecule has 0 aliphatic rings. The molecule has 2 aromatic heterocycles. The van der Waals surface area contributed by atoms with Gasteiger partial charge in [0, 0.05) is 0 Å². The largest absolute Gasteiger partial charge is 0.494 e. The van der Waals surface area contributed by atoms with E-state index in [0.717, 1.165) is 17.0 Å². The molecule has 2 aromatic carbocycles. The Balaban J connectivity index is 1.61. The van der Waals surface area contributed by atoms with Crippen LogP contribution in [0.1, 0.15) is 12.6 Å². The minimum atomic E-state index is -0.406. The molecule has 4 rings (SSSR count). The van der Waals surface area contributed by atoms with E-state index in [2.05, 4.69) is 10.3 Å². The molecule has 0 amide bonds. The van der Waals surface area contributed by atoms with Crippen LogP contribution in [0.4, 0.5) is 0 Å². The molecule has 0 spiro atoms. The Bertz CT molecular complexity index is 1060. The zero-order valence-corrected chi connectivity index (χ0v) is 13.6. The molecule has 0 N–H and O–H groups in total. The first kappa shape index (κ1) is 15.2. The van der Waals surface area contributed by atoms with Crippen LogP contribution in [0.3, 0.4) is 0 Å². The molecule has 0 saturated carbocycles. The maximum Gasteiger partial charge on any atom is 0.420 e. The van der Waals surface area contributed by atoms with Crippen LogP contribution in [0.2, 0.25) is 0 Å². The van der Waals surface area contributed by atoms with Gasteiger partial charge in [-0.3, -0.25) is 4.57 Å². The molecule has 4 aromatic rings. The highest BCUT2D eigenvalue weighted by Crippen LogP contribution is 2.16. The normalized spacial score (nSPS) is 11.1. The zero-order valence-electron chi connectivity index (χ0n) is 13.6. The lowest BCUT2D eigenvalue weighted by atomic mass is 10.3. The van der Waals surface area contributed by atoms with Crippen molar-refractivity contribution in [2.24, 2.45) is 0 Å². The maximum absolute atomic E-state index is 12.0. The molecule has 0 unspecified atom stereocenters. The number of para-hydroxylation sites is 2. The Morgan fingerprint density at radius 3 is 2.72 bits per heavy atom. The smallest absolute Gasteiger partial charge is 0.420 e. The number of hydrogen-bond donors (Lipinski definition) is 0. The third kappa shape index (κ3) is 2.91. The molecule has 7 heteroatoms. The molecular weight excluding hydrogens is 320 g/mol. The summed E-state index contributed by atoms with van der Waals surface area (Å²) >= 11 is 0. The summed E-state index contributed by atoms with van der Waals surface area (Å²) in [5.74, 6) is 0.403. The summed E-state index contributed by atoms with van der Waals surface area (Å²) in [6.45, 7) is 2.87. The Hall–Kier alpha value is -3.35. The first-order valence-corrected chi connectivity index (χ1v) is 7.97. The van der Waals surface area contributed by atoms with Gasteiger partial charge in [-0.1, -0.05) is 17.3 Å². The fourth-order valence-electron chi connectivity index (χ4n) is 2.68. The van der Waals surface area contributed by atoms with Crippen LogP contribution >= 0.6 is 0 Å². The van der Waals surface area contributed by atoms with Crippen molar-refractivity contribution < 1.29 is 9.15 Å². The summed E-state index contributed by atoms with van der Waals surface area (Å²) in [6, 6.07) is 14.9. The Morgan fingerprint density at radius 1 is 1.12 bits per heavy atom. The highest BCUT2D eigenvalue weighted by atomic mass is 16.5. The van der Waals surface area contributed by atoms with Gasteiger partial charge in [0.25, 0.3) is 0 Å². The summed E-state index contributed by atoms with van der Waals surface area (Å²) in [5.41, 5.74) is 2.84. The minimum Gasteiger partial charge on any atom is -0.494 e. The molecular formula is C18H16N4O3. The Kier molecular flexibility index (Phi) is 3.81. The summed E-state index contributed by atoms with van der Waals surface area (Å²) < 4.78 is 13.9. The first-order valence-electron chi connectivity index (χ1n) is 7.97. The van der Waals surface area contributed by atoms with Gasteiger partial charge < -0.3 is 9.15 Å². The number of oxazole rings is 1. The lowest BCUT2D eigenvalue weighted by Gasteiger charge is -2.04. The van der Waals surface area contributed by atoms with Gasteiger partial charge in [0.1, 0.15) is 11.4 Å². The standard InChI is InChI=1S/C18H16N4O3/c1-2-24-15-9-7-14(8-10-15)22-12-13(19-20-22)11-21-16-5-3-4-6-17(16)25-18(21)23/h3-10,12H,2,11H2,1H3. The SMILES string of the molecule is CCOc1ccc(-n2cc(Cn3c(=O)oc4ccccc43)nn2)cc1. The predicted octanol–water partition coefficient (Wildman–Crippen LogP) is 2.62. The highest BCUT2D eigenvalue weighted by molar-refractivity contribution is 5.72. The third-order valence-corrected chi connectivity index (χ3v) is 3.85. The molecule has 0 bridgehead atoms. The van der Waals surface area contributed by atoms with Gasteiger partial charge in [0.2, 0.25) is 0 Å². The molecule has 7 nitrogen and oxygen atoms in total. The number of benzene rings is 2. The minimum absolute atomic E-state index is 0.298. The van der Waals surface area contributed by atoms with E-state index in [1.807, 2.05) is 49.4 Å². The maximum atomic E-state index is 12.0. The van der Waals surface area contributed by atoms with E-state index < -0.39 is 5.76 Å². The number of hydrogen-bond acceptors (Lipinski definition) is 5. The average Bonchev–Trinajstić information content (AvgIpc) is 3.21. The van der Waals surface area contributed by atoms with Gasteiger partial charge in [-0.25, -0.2) is 9.48 Å². The van der Waals surface area contributed by atoms with Crippen molar-refractivity contribution in [3.63, 3.8) is 0 Å². The van der Waals surface area contributed by atoms with Gasteiger partial charge in [-0.15, -0.1) is 5.10 Å². The van der Waals surface area contributed by atoms with E-state index in [1.54, 1.807) is 21.5 Å². The fraction of sp³-hybridized carbons (Fsp3) is 0.167.